The molecule has 0 saturated heterocycles. The van der Waals surface area contributed by atoms with E-state index >= 15 is 0 Å². The molecule has 0 heterocycles. The number of phosphoric ester groups is 2. The second kappa shape index (κ2) is 63.1. The minimum atomic E-state index is -4.95. The molecule has 0 aromatic rings. The standard InChI is InChI=1S/C71H138O17P2/c1-7-10-12-14-15-16-17-18-19-20-21-22-23-24-27-31-37-43-49-55-70(75)88-67(60-82-69(74)54-48-42-36-30-28-25-26-29-34-40-45-51-63(4)5)62-86-90(79,80)84-58-65(72)57-83-89(77,78)85-61-66(59-81-68(73)53-47-39-13-11-8-2)87-71(76)56-50-44-38-33-32-35-41-46-52-64(6)9-3/h63-67,72H,7-62H2,1-6H3,(H,77,78)(H,79,80)/t64?,65-,66+,67+/m0/s1. The van der Waals surface area contributed by atoms with Crippen LogP contribution in [0.4, 0.5) is 0 Å². The van der Waals surface area contributed by atoms with Gasteiger partial charge in [-0.25, -0.2) is 9.13 Å². The topological polar surface area (TPSA) is 237 Å². The van der Waals surface area contributed by atoms with Gasteiger partial charge in [-0.1, -0.05) is 311 Å². The fourth-order valence-corrected chi connectivity index (χ4v) is 12.3. The van der Waals surface area contributed by atoms with E-state index in [0.717, 1.165) is 108 Å². The molecule has 0 radical (unpaired) electrons. The first-order valence-electron chi connectivity index (χ1n) is 37.0. The van der Waals surface area contributed by atoms with Gasteiger partial charge in [0.15, 0.2) is 12.2 Å². The van der Waals surface area contributed by atoms with E-state index in [1.54, 1.807) is 0 Å². The van der Waals surface area contributed by atoms with Gasteiger partial charge in [-0.2, -0.15) is 0 Å². The quantitative estimate of drug-likeness (QED) is 0.0222. The molecule has 0 aromatic heterocycles. The van der Waals surface area contributed by atoms with E-state index in [-0.39, 0.29) is 25.7 Å². The number of hydrogen-bond donors (Lipinski definition) is 3. The molecule has 90 heavy (non-hydrogen) atoms. The minimum Gasteiger partial charge on any atom is -0.462 e. The van der Waals surface area contributed by atoms with Crippen LogP contribution in [-0.2, 0) is 65.4 Å². The molecule has 17 nitrogen and oxygen atoms in total. The molecule has 0 bridgehead atoms. The van der Waals surface area contributed by atoms with E-state index in [4.69, 9.17) is 37.0 Å². The van der Waals surface area contributed by atoms with Gasteiger partial charge in [-0.05, 0) is 37.5 Å². The summed E-state index contributed by atoms with van der Waals surface area (Å²) in [5.41, 5.74) is 0. The van der Waals surface area contributed by atoms with Crippen molar-refractivity contribution in [1.82, 2.24) is 0 Å². The van der Waals surface area contributed by atoms with Crippen molar-refractivity contribution in [2.45, 2.75) is 381 Å². The van der Waals surface area contributed by atoms with Crippen LogP contribution in [0.5, 0.6) is 0 Å². The Labute approximate surface area is 549 Å². The summed E-state index contributed by atoms with van der Waals surface area (Å²) in [6.45, 7) is 9.47. The highest BCUT2D eigenvalue weighted by molar-refractivity contribution is 7.47. The third-order valence-electron chi connectivity index (χ3n) is 16.8. The molecule has 0 aromatic carbocycles. The molecule has 0 saturated carbocycles. The van der Waals surface area contributed by atoms with E-state index in [1.165, 1.54) is 173 Å². The summed E-state index contributed by atoms with van der Waals surface area (Å²) in [5, 5.41) is 10.6. The summed E-state index contributed by atoms with van der Waals surface area (Å²) in [5.74, 6) is -0.594. The predicted molar refractivity (Wildman–Crippen MR) is 363 cm³/mol. The highest BCUT2D eigenvalue weighted by Gasteiger charge is 2.30. The average Bonchev–Trinajstić information content (AvgIpc) is 3.69. The number of esters is 4. The number of ether oxygens (including phenoxy) is 4. The first-order chi connectivity index (χ1) is 43.4. The maximum atomic E-state index is 13.0. The van der Waals surface area contributed by atoms with Crippen molar-refractivity contribution in [2.24, 2.45) is 11.8 Å². The van der Waals surface area contributed by atoms with Gasteiger partial charge in [0.25, 0.3) is 0 Å². The van der Waals surface area contributed by atoms with Crippen LogP contribution in [0, 0.1) is 11.8 Å². The van der Waals surface area contributed by atoms with E-state index in [0.29, 0.717) is 25.7 Å². The fraction of sp³-hybridized carbons (Fsp3) is 0.944. The van der Waals surface area contributed by atoms with Crippen molar-refractivity contribution in [3.05, 3.63) is 0 Å². The van der Waals surface area contributed by atoms with E-state index < -0.39 is 97.5 Å². The second-order valence-electron chi connectivity index (χ2n) is 26.3. The number of phosphoric acid groups is 2. The van der Waals surface area contributed by atoms with Crippen LogP contribution >= 0.6 is 15.6 Å². The molecule has 0 rings (SSSR count). The number of hydrogen-bond acceptors (Lipinski definition) is 15. The molecule has 3 N–H and O–H groups in total. The largest absolute Gasteiger partial charge is 0.472 e. The monoisotopic (exact) mass is 1320 g/mol. The van der Waals surface area contributed by atoms with Crippen LogP contribution in [0.25, 0.3) is 0 Å². The van der Waals surface area contributed by atoms with E-state index in [1.807, 2.05) is 0 Å². The van der Waals surface area contributed by atoms with Gasteiger partial charge >= 0.3 is 39.5 Å². The lowest BCUT2D eigenvalue weighted by Gasteiger charge is -2.21. The minimum absolute atomic E-state index is 0.104. The molecule has 0 aliphatic heterocycles. The molecule has 3 unspecified atom stereocenters. The third-order valence-corrected chi connectivity index (χ3v) is 18.7. The Morgan fingerprint density at radius 3 is 0.844 bits per heavy atom. The molecule has 0 aliphatic rings. The zero-order valence-electron chi connectivity index (χ0n) is 58.4. The maximum Gasteiger partial charge on any atom is 0.472 e. The van der Waals surface area contributed by atoms with E-state index in [2.05, 4.69) is 41.5 Å². The van der Waals surface area contributed by atoms with Crippen LogP contribution in [0.3, 0.4) is 0 Å². The Morgan fingerprint density at radius 1 is 0.322 bits per heavy atom. The van der Waals surface area contributed by atoms with Crippen molar-refractivity contribution in [2.75, 3.05) is 39.6 Å². The molecule has 0 fully saturated rings. The van der Waals surface area contributed by atoms with Gasteiger partial charge in [-0.15, -0.1) is 0 Å². The summed E-state index contributed by atoms with van der Waals surface area (Å²) in [7, 11) is -9.89. The van der Waals surface area contributed by atoms with Gasteiger partial charge in [0.05, 0.1) is 26.4 Å². The van der Waals surface area contributed by atoms with Gasteiger partial charge in [0, 0.05) is 25.7 Å². The number of carbonyl (C=O) groups is 4. The van der Waals surface area contributed by atoms with Gasteiger partial charge in [-0.3, -0.25) is 37.3 Å². The van der Waals surface area contributed by atoms with Crippen LogP contribution in [-0.4, -0.2) is 96.7 Å². The number of carbonyl (C=O) groups excluding carboxylic acids is 4. The average molecular weight is 1330 g/mol. The molecule has 0 amide bonds. The highest BCUT2D eigenvalue weighted by Crippen LogP contribution is 2.45. The van der Waals surface area contributed by atoms with Crippen molar-refractivity contribution in [3.8, 4) is 0 Å². The van der Waals surface area contributed by atoms with Crippen LogP contribution in [0.2, 0.25) is 0 Å². The molecule has 0 aliphatic carbocycles. The molecule has 19 heteroatoms. The first-order valence-corrected chi connectivity index (χ1v) is 40.0. The second-order valence-corrected chi connectivity index (χ2v) is 29.3. The number of aliphatic hydroxyl groups excluding tert-OH is 1. The normalized spacial score (nSPS) is 14.4. The number of unbranched alkanes of at least 4 members (excludes halogenated alkanes) is 39. The summed E-state index contributed by atoms with van der Waals surface area (Å²) in [6, 6.07) is 0. The third kappa shape index (κ3) is 63.5. The summed E-state index contributed by atoms with van der Waals surface area (Å²) >= 11 is 0. The van der Waals surface area contributed by atoms with Crippen molar-refractivity contribution in [1.29, 1.82) is 0 Å². The molecular formula is C71H138O17P2. The van der Waals surface area contributed by atoms with Crippen LogP contribution < -0.4 is 0 Å². The maximum absolute atomic E-state index is 13.0. The summed E-state index contributed by atoms with van der Waals surface area (Å²) < 4.78 is 68.1. The zero-order valence-corrected chi connectivity index (χ0v) is 60.2. The smallest absolute Gasteiger partial charge is 0.462 e. The SMILES string of the molecule is CCCCCCCCCCCCCCCCCCCCCC(=O)O[C@H](COC(=O)CCCCCCCCCCCCCC(C)C)COP(=O)(O)OC[C@@H](O)COP(=O)(O)OC[C@@H](COC(=O)CCCCCCC)OC(=O)CCCCCCCCCCC(C)CC. The van der Waals surface area contributed by atoms with Crippen molar-refractivity contribution in [3.63, 3.8) is 0 Å². The van der Waals surface area contributed by atoms with Crippen LogP contribution in [0.1, 0.15) is 363 Å². The first kappa shape index (κ1) is 88.1. The number of aliphatic hydroxyl groups is 1. The summed E-state index contributed by atoms with van der Waals surface area (Å²) in [4.78, 5) is 72.3. The van der Waals surface area contributed by atoms with Gasteiger partial charge in [0.1, 0.15) is 19.3 Å². The Hall–Kier alpha value is -1.94. The Morgan fingerprint density at radius 2 is 0.567 bits per heavy atom. The van der Waals surface area contributed by atoms with E-state index in [9.17, 15) is 43.2 Å². The van der Waals surface area contributed by atoms with Crippen molar-refractivity contribution < 1.29 is 80.2 Å². The summed E-state index contributed by atoms with van der Waals surface area (Å²) in [6.07, 6.45) is 49.0. The van der Waals surface area contributed by atoms with Crippen LogP contribution in [0.15, 0.2) is 0 Å². The highest BCUT2D eigenvalue weighted by atomic mass is 31.2. The molecule has 534 valence electrons. The lowest BCUT2D eigenvalue weighted by atomic mass is 9.99. The fourth-order valence-electron chi connectivity index (χ4n) is 10.7. The lowest BCUT2D eigenvalue weighted by Crippen LogP contribution is -2.30. The lowest BCUT2D eigenvalue weighted by molar-refractivity contribution is -0.161. The zero-order chi connectivity index (χ0) is 66.5. The van der Waals surface area contributed by atoms with Gasteiger partial charge in [0.2, 0.25) is 0 Å². The molecule has 0 spiro atoms. The van der Waals surface area contributed by atoms with Crippen molar-refractivity contribution >= 4 is 39.5 Å². The molecular weight excluding hydrogens is 1190 g/mol. The Balaban J connectivity index is 5.15. The Bertz CT molecular complexity index is 1750. The van der Waals surface area contributed by atoms with Gasteiger partial charge < -0.3 is 33.8 Å². The predicted octanol–water partition coefficient (Wildman–Crippen LogP) is 20.4. The number of rotatable bonds is 70. The molecule has 6 atom stereocenters. The Kier molecular flexibility index (Phi) is 61.8.